The van der Waals surface area contributed by atoms with Gasteiger partial charge in [0.15, 0.2) is 0 Å². The number of hydrogen-bond acceptors (Lipinski definition) is 6. The second-order valence-electron chi connectivity index (χ2n) is 5.29. The van der Waals surface area contributed by atoms with Crippen LogP contribution in [0.15, 0.2) is 17.1 Å². The van der Waals surface area contributed by atoms with Crippen molar-refractivity contribution in [2.75, 3.05) is 38.2 Å². The molecule has 1 aliphatic heterocycles. The van der Waals surface area contributed by atoms with E-state index in [4.69, 9.17) is 4.74 Å². The molecule has 2 heterocycles. The Balaban J connectivity index is 1.99. The second kappa shape index (κ2) is 7.53. The summed E-state index contributed by atoms with van der Waals surface area (Å²) in [7, 11) is 1.70. The van der Waals surface area contributed by atoms with Gasteiger partial charge < -0.3 is 20.1 Å². The SMILES string of the molecule is CCNCC(O)Cn1ncc(N2CCC(OC)C2)cc1=O. The van der Waals surface area contributed by atoms with Crippen LogP contribution in [0, 0.1) is 0 Å². The Morgan fingerprint density at radius 3 is 3.05 bits per heavy atom. The lowest BCUT2D eigenvalue weighted by Gasteiger charge is -2.18. The molecule has 1 aromatic rings. The lowest BCUT2D eigenvalue weighted by molar-refractivity contribution is 0.121. The minimum Gasteiger partial charge on any atom is -0.390 e. The molecule has 1 saturated heterocycles. The molecule has 0 aliphatic carbocycles. The fourth-order valence-electron chi connectivity index (χ4n) is 2.46. The van der Waals surface area contributed by atoms with E-state index in [0.717, 1.165) is 31.7 Å². The van der Waals surface area contributed by atoms with Crippen LogP contribution in [-0.4, -0.2) is 60.4 Å². The summed E-state index contributed by atoms with van der Waals surface area (Å²) in [5, 5.41) is 17.0. The molecule has 2 unspecified atom stereocenters. The van der Waals surface area contributed by atoms with Crippen LogP contribution < -0.4 is 15.8 Å². The number of methoxy groups -OCH3 is 1. The highest BCUT2D eigenvalue weighted by Gasteiger charge is 2.23. The molecule has 1 aromatic heterocycles. The average Bonchev–Trinajstić information content (AvgIpc) is 2.96. The Labute approximate surface area is 124 Å². The first kappa shape index (κ1) is 15.9. The van der Waals surface area contributed by atoms with E-state index in [0.29, 0.717) is 6.54 Å². The molecule has 0 radical (unpaired) electrons. The molecular weight excluding hydrogens is 272 g/mol. The van der Waals surface area contributed by atoms with Crippen molar-refractivity contribution in [1.82, 2.24) is 15.1 Å². The number of ether oxygens (including phenoxy) is 1. The summed E-state index contributed by atoms with van der Waals surface area (Å²) in [4.78, 5) is 14.2. The first-order chi connectivity index (χ1) is 10.1. The molecule has 0 bridgehead atoms. The molecule has 0 amide bonds. The lowest BCUT2D eigenvalue weighted by atomic mass is 10.3. The van der Waals surface area contributed by atoms with E-state index in [1.165, 1.54) is 4.68 Å². The van der Waals surface area contributed by atoms with E-state index in [-0.39, 0.29) is 18.2 Å². The fourth-order valence-corrected chi connectivity index (χ4v) is 2.46. The van der Waals surface area contributed by atoms with E-state index in [2.05, 4.69) is 15.3 Å². The average molecular weight is 296 g/mol. The summed E-state index contributed by atoms with van der Waals surface area (Å²) >= 11 is 0. The standard InChI is InChI=1S/C14H24N4O3/c1-3-15-8-12(19)9-18-14(20)6-11(7-16-18)17-5-4-13(10-17)21-2/h6-7,12-13,15,19H,3-5,8-10H2,1-2H3. The predicted octanol–water partition coefficient (Wildman–Crippen LogP) is -0.561. The van der Waals surface area contributed by atoms with Gasteiger partial charge in [0.05, 0.1) is 30.6 Å². The molecule has 2 atom stereocenters. The number of hydrogen-bond donors (Lipinski definition) is 2. The zero-order valence-electron chi connectivity index (χ0n) is 12.7. The number of rotatable bonds is 7. The van der Waals surface area contributed by atoms with Crippen molar-refractivity contribution in [1.29, 1.82) is 0 Å². The Hall–Kier alpha value is -1.44. The molecule has 1 aliphatic rings. The first-order valence-electron chi connectivity index (χ1n) is 7.37. The number of aliphatic hydroxyl groups is 1. The molecule has 7 nitrogen and oxygen atoms in total. The number of likely N-dealkylation sites (N-methyl/N-ethyl adjacent to an activating group) is 1. The molecule has 0 spiro atoms. The van der Waals surface area contributed by atoms with Gasteiger partial charge in [0, 0.05) is 32.8 Å². The number of nitrogens with zero attached hydrogens (tertiary/aromatic N) is 3. The van der Waals surface area contributed by atoms with Gasteiger partial charge in [-0.1, -0.05) is 6.92 Å². The maximum atomic E-state index is 12.1. The highest BCUT2D eigenvalue weighted by Crippen LogP contribution is 2.19. The van der Waals surface area contributed by atoms with Crippen molar-refractivity contribution in [2.24, 2.45) is 0 Å². The third kappa shape index (κ3) is 4.26. The van der Waals surface area contributed by atoms with Gasteiger partial charge in [0.2, 0.25) is 0 Å². The number of aromatic nitrogens is 2. The first-order valence-corrected chi connectivity index (χ1v) is 7.37. The zero-order chi connectivity index (χ0) is 15.2. The molecule has 7 heteroatoms. The van der Waals surface area contributed by atoms with Crippen LogP contribution in [0.25, 0.3) is 0 Å². The van der Waals surface area contributed by atoms with Crippen LogP contribution in [0.5, 0.6) is 0 Å². The van der Waals surface area contributed by atoms with Crippen LogP contribution >= 0.6 is 0 Å². The second-order valence-corrected chi connectivity index (χ2v) is 5.29. The Morgan fingerprint density at radius 2 is 2.43 bits per heavy atom. The van der Waals surface area contributed by atoms with Crippen LogP contribution in [0.1, 0.15) is 13.3 Å². The fraction of sp³-hybridized carbons (Fsp3) is 0.714. The summed E-state index contributed by atoms with van der Waals surface area (Å²) in [5.74, 6) is 0. The Morgan fingerprint density at radius 1 is 1.62 bits per heavy atom. The van der Waals surface area contributed by atoms with Crippen LogP contribution in [0.4, 0.5) is 5.69 Å². The third-order valence-electron chi connectivity index (χ3n) is 3.71. The quantitative estimate of drug-likeness (QED) is 0.702. The molecule has 2 rings (SSSR count). The largest absolute Gasteiger partial charge is 0.390 e. The maximum Gasteiger partial charge on any atom is 0.268 e. The maximum absolute atomic E-state index is 12.1. The number of aliphatic hydroxyl groups excluding tert-OH is 1. The Kier molecular flexibility index (Phi) is 5.72. The van der Waals surface area contributed by atoms with Gasteiger partial charge in [0.25, 0.3) is 5.56 Å². The number of anilines is 1. The molecule has 2 N–H and O–H groups in total. The van der Waals surface area contributed by atoms with E-state index >= 15 is 0 Å². The van der Waals surface area contributed by atoms with Crippen molar-refractivity contribution >= 4 is 5.69 Å². The van der Waals surface area contributed by atoms with Gasteiger partial charge in [0.1, 0.15) is 0 Å². The monoisotopic (exact) mass is 296 g/mol. The summed E-state index contributed by atoms with van der Waals surface area (Å²) in [6, 6.07) is 1.57. The van der Waals surface area contributed by atoms with E-state index in [1.54, 1.807) is 19.4 Å². The number of nitrogens with one attached hydrogen (secondary N) is 1. The van der Waals surface area contributed by atoms with E-state index in [1.807, 2.05) is 6.92 Å². The van der Waals surface area contributed by atoms with Crippen LogP contribution in [0.3, 0.4) is 0 Å². The highest BCUT2D eigenvalue weighted by molar-refractivity contribution is 5.44. The third-order valence-corrected chi connectivity index (χ3v) is 3.71. The van der Waals surface area contributed by atoms with Gasteiger partial charge in [-0.2, -0.15) is 5.10 Å². The van der Waals surface area contributed by atoms with Crippen molar-refractivity contribution in [3.63, 3.8) is 0 Å². The molecule has 21 heavy (non-hydrogen) atoms. The van der Waals surface area contributed by atoms with Crippen molar-refractivity contribution in [3.05, 3.63) is 22.6 Å². The van der Waals surface area contributed by atoms with E-state index < -0.39 is 6.10 Å². The topological polar surface area (TPSA) is 79.6 Å². The van der Waals surface area contributed by atoms with Gasteiger partial charge >= 0.3 is 0 Å². The minimum absolute atomic E-state index is 0.191. The van der Waals surface area contributed by atoms with Crippen LogP contribution in [0.2, 0.25) is 0 Å². The van der Waals surface area contributed by atoms with Gasteiger partial charge in [-0.05, 0) is 13.0 Å². The smallest absolute Gasteiger partial charge is 0.268 e. The predicted molar refractivity (Wildman–Crippen MR) is 80.7 cm³/mol. The molecule has 0 saturated carbocycles. The Bertz CT molecular complexity index is 505. The lowest BCUT2D eigenvalue weighted by Crippen LogP contribution is -2.35. The molecule has 1 fully saturated rings. The van der Waals surface area contributed by atoms with Gasteiger partial charge in [-0.15, -0.1) is 0 Å². The summed E-state index contributed by atoms with van der Waals surface area (Å²) < 4.78 is 6.62. The summed E-state index contributed by atoms with van der Waals surface area (Å²) in [5.41, 5.74) is 0.626. The molecular formula is C14H24N4O3. The molecule has 118 valence electrons. The van der Waals surface area contributed by atoms with Crippen molar-refractivity contribution in [3.8, 4) is 0 Å². The summed E-state index contributed by atoms with van der Waals surface area (Å²) in [6.07, 6.45) is 2.24. The summed E-state index contributed by atoms with van der Waals surface area (Å²) in [6.45, 7) is 5.06. The highest BCUT2D eigenvalue weighted by atomic mass is 16.5. The normalized spacial score (nSPS) is 20.0. The minimum atomic E-state index is -0.620. The van der Waals surface area contributed by atoms with Gasteiger partial charge in [-0.3, -0.25) is 4.79 Å². The van der Waals surface area contributed by atoms with Crippen molar-refractivity contribution < 1.29 is 9.84 Å². The van der Waals surface area contributed by atoms with Gasteiger partial charge in [-0.25, -0.2) is 4.68 Å². The zero-order valence-corrected chi connectivity index (χ0v) is 12.7. The van der Waals surface area contributed by atoms with Crippen molar-refractivity contribution in [2.45, 2.75) is 32.1 Å². The van der Waals surface area contributed by atoms with E-state index in [9.17, 15) is 9.90 Å². The van der Waals surface area contributed by atoms with Crippen LogP contribution in [-0.2, 0) is 11.3 Å². The molecule has 0 aromatic carbocycles.